The van der Waals surface area contributed by atoms with Crippen LogP contribution in [-0.2, 0) is 4.79 Å². The monoisotopic (exact) mass is 343 g/mol. The highest BCUT2D eigenvalue weighted by Gasteiger charge is 2.15. The molecule has 1 aliphatic rings. The van der Waals surface area contributed by atoms with Crippen LogP contribution >= 0.6 is 11.3 Å². The van der Waals surface area contributed by atoms with Crippen LogP contribution in [0.25, 0.3) is 0 Å². The van der Waals surface area contributed by atoms with Crippen LogP contribution < -0.4 is 16.0 Å². The Labute approximate surface area is 145 Å². The average Bonchev–Trinajstić information content (AvgIpc) is 3.27. The third kappa shape index (κ3) is 4.66. The zero-order valence-corrected chi connectivity index (χ0v) is 14.2. The first-order chi connectivity index (χ1) is 11.7. The summed E-state index contributed by atoms with van der Waals surface area (Å²) in [7, 11) is 0. The number of carbonyl (C=O) groups excluding carboxylic acids is 2. The largest absolute Gasteiger partial charge is 0.326 e. The summed E-state index contributed by atoms with van der Waals surface area (Å²) in [5.41, 5.74) is 1.37. The summed E-state index contributed by atoms with van der Waals surface area (Å²) >= 11 is 1.40. The quantitative estimate of drug-likeness (QED) is 0.752. The minimum atomic E-state index is -0.138. The van der Waals surface area contributed by atoms with Crippen molar-refractivity contribution in [3.05, 3.63) is 46.7 Å². The van der Waals surface area contributed by atoms with Crippen molar-refractivity contribution in [2.75, 3.05) is 17.2 Å². The van der Waals surface area contributed by atoms with Crippen molar-refractivity contribution in [3.63, 3.8) is 0 Å². The Hall–Kier alpha value is -2.18. The summed E-state index contributed by atoms with van der Waals surface area (Å²) in [6, 6.07) is 11.3. The Kier molecular flexibility index (Phi) is 5.61. The van der Waals surface area contributed by atoms with Crippen molar-refractivity contribution in [2.45, 2.75) is 31.7 Å². The lowest BCUT2D eigenvalue weighted by Gasteiger charge is -2.11. The van der Waals surface area contributed by atoms with Crippen LogP contribution in [0.3, 0.4) is 0 Å². The van der Waals surface area contributed by atoms with Gasteiger partial charge >= 0.3 is 0 Å². The van der Waals surface area contributed by atoms with E-state index in [0.717, 1.165) is 19.4 Å². The van der Waals surface area contributed by atoms with Crippen LogP contribution in [0.15, 0.2) is 41.8 Å². The summed E-state index contributed by atoms with van der Waals surface area (Å²) in [4.78, 5) is 24.8. The first-order valence-corrected chi connectivity index (χ1v) is 9.07. The van der Waals surface area contributed by atoms with E-state index in [9.17, 15) is 9.59 Å². The standard InChI is InChI=1S/C18H21N3O2S/c22-17(9-8-13-6-2-10-19-13)20-14-4-1-5-15(12-14)21-18(23)16-7-3-11-24-16/h1,3-5,7,11-13,19H,2,6,8-10H2,(H,20,22)(H,21,23). The Morgan fingerprint density at radius 2 is 2.00 bits per heavy atom. The summed E-state index contributed by atoms with van der Waals surface area (Å²) in [5.74, 6) is -0.133. The molecule has 0 aliphatic carbocycles. The number of thiophene rings is 1. The molecule has 1 unspecified atom stereocenters. The molecule has 24 heavy (non-hydrogen) atoms. The molecule has 0 radical (unpaired) electrons. The normalized spacial score (nSPS) is 16.8. The molecule has 5 nitrogen and oxygen atoms in total. The maximum Gasteiger partial charge on any atom is 0.265 e. The van der Waals surface area contributed by atoms with Gasteiger partial charge in [-0.2, -0.15) is 0 Å². The minimum Gasteiger partial charge on any atom is -0.326 e. The molecular weight excluding hydrogens is 322 g/mol. The lowest BCUT2D eigenvalue weighted by Crippen LogP contribution is -2.23. The van der Waals surface area contributed by atoms with E-state index in [-0.39, 0.29) is 11.8 Å². The van der Waals surface area contributed by atoms with Gasteiger partial charge in [0.1, 0.15) is 0 Å². The van der Waals surface area contributed by atoms with Gasteiger partial charge < -0.3 is 16.0 Å². The molecule has 0 bridgehead atoms. The van der Waals surface area contributed by atoms with E-state index in [1.54, 1.807) is 12.1 Å². The maximum absolute atomic E-state index is 12.1. The molecule has 1 saturated heterocycles. The van der Waals surface area contributed by atoms with Gasteiger partial charge in [0.25, 0.3) is 5.91 Å². The van der Waals surface area contributed by atoms with Crippen molar-refractivity contribution < 1.29 is 9.59 Å². The van der Waals surface area contributed by atoms with Gasteiger partial charge in [-0.05, 0) is 55.5 Å². The number of hydrogen-bond acceptors (Lipinski definition) is 4. The molecule has 2 heterocycles. The van der Waals surface area contributed by atoms with Crippen LogP contribution in [-0.4, -0.2) is 24.4 Å². The first kappa shape index (κ1) is 16.7. The van der Waals surface area contributed by atoms with Gasteiger partial charge in [0.05, 0.1) is 4.88 Å². The number of anilines is 2. The second-order valence-electron chi connectivity index (χ2n) is 5.89. The van der Waals surface area contributed by atoms with Crippen LogP contribution in [0, 0.1) is 0 Å². The Morgan fingerprint density at radius 3 is 2.71 bits per heavy atom. The number of amides is 2. The van der Waals surface area contributed by atoms with Gasteiger partial charge in [0.2, 0.25) is 5.91 Å². The molecule has 2 aromatic rings. The fourth-order valence-electron chi connectivity index (χ4n) is 2.81. The molecule has 126 valence electrons. The van der Waals surface area contributed by atoms with Gasteiger partial charge in [-0.3, -0.25) is 9.59 Å². The Balaban J connectivity index is 1.52. The van der Waals surface area contributed by atoms with E-state index in [4.69, 9.17) is 0 Å². The smallest absolute Gasteiger partial charge is 0.265 e. The molecule has 1 fully saturated rings. The third-order valence-corrected chi connectivity index (χ3v) is 4.90. The second-order valence-corrected chi connectivity index (χ2v) is 6.84. The number of benzene rings is 1. The number of hydrogen-bond donors (Lipinski definition) is 3. The number of nitrogens with one attached hydrogen (secondary N) is 3. The fraction of sp³-hybridized carbons (Fsp3) is 0.333. The van der Waals surface area contributed by atoms with E-state index < -0.39 is 0 Å². The zero-order valence-electron chi connectivity index (χ0n) is 13.4. The predicted octanol–water partition coefficient (Wildman–Crippen LogP) is 3.47. The number of carbonyl (C=O) groups is 2. The van der Waals surface area contributed by atoms with Gasteiger partial charge in [-0.1, -0.05) is 12.1 Å². The molecule has 3 rings (SSSR count). The van der Waals surface area contributed by atoms with Crippen LogP contribution in [0.2, 0.25) is 0 Å². The highest BCUT2D eigenvalue weighted by Crippen LogP contribution is 2.18. The molecule has 3 N–H and O–H groups in total. The van der Waals surface area contributed by atoms with Gasteiger partial charge in [0, 0.05) is 23.8 Å². The molecule has 1 aromatic carbocycles. The first-order valence-electron chi connectivity index (χ1n) is 8.19. The molecule has 0 saturated carbocycles. The predicted molar refractivity (Wildman–Crippen MR) is 97.6 cm³/mol. The fourth-order valence-corrected chi connectivity index (χ4v) is 3.43. The van der Waals surface area contributed by atoms with Crippen LogP contribution in [0.5, 0.6) is 0 Å². The Morgan fingerprint density at radius 1 is 1.17 bits per heavy atom. The van der Waals surface area contributed by atoms with E-state index >= 15 is 0 Å². The zero-order chi connectivity index (χ0) is 16.8. The summed E-state index contributed by atoms with van der Waals surface area (Å²) in [5, 5.41) is 11.0. The van der Waals surface area contributed by atoms with Crippen molar-refractivity contribution >= 4 is 34.5 Å². The molecule has 1 aromatic heterocycles. The van der Waals surface area contributed by atoms with Gasteiger partial charge in [-0.15, -0.1) is 11.3 Å². The highest BCUT2D eigenvalue weighted by atomic mass is 32.1. The lowest BCUT2D eigenvalue weighted by atomic mass is 10.1. The highest BCUT2D eigenvalue weighted by molar-refractivity contribution is 7.12. The summed E-state index contributed by atoms with van der Waals surface area (Å²) in [6.45, 7) is 1.05. The minimum absolute atomic E-state index is 0.00503. The van der Waals surface area contributed by atoms with Crippen LogP contribution in [0.4, 0.5) is 11.4 Å². The molecule has 1 atom stereocenters. The van der Waals surface area contributed by atoms with Crippen molar-refractivity contribution in [1.82, 2.24) is 5.32 Å². The Bertz CT molecular complexity index is 694. The SMILES string of the molecule is O=C(CCC1CCCN1)Nc1cccc(NC(=O)c2cccs2)c1. The van der Waals surface area contributed by atoms with E-state index in [2.05, 4.69) is 16.0 Å². The molecule has 6 heteroatoms. The molecular formula is C18H21N3O2S. The molecule has 0 spiro atoms. The van der Waals surface area contributed by atoms with Crippen molar-refractivity contribution in [3.8, 4) is 0 Å². The average molecular weight is 343 g/mol. The topological polar surface area (TPSA) is 70.2 Å². The van der Waals surface area contributed by atoms with Crippen molar-refractivity contribution in [1.29, 1.82) is 0 Å². The second kappa shape index (κ2) is 8.08. The summed E-state index contributed by atoms with van der Waals surface area (Å²) < 4.78 is 0. The van der Waals surface area contributed by atoms with E-state index in [1.807, 2.05) is 29.6 Å². The van der Waals surface area contributed by atoms with E-state index in [0.29, 0.717) is 28.7 Å². The lowest BCUT2D eigenvalue weighted by molar-refractivity contribution is -0.116. The van der Waals surface area contributed by atoms with Gasteiger partial charge in [-0.25, -0.2) is 0 Å². The molecule has 2 amide bonds. The molecule has 1 aliphatic heterocycles. The van der Waals surface area contributed by atoms with Crippen LogP contribution in [0.1, 0.15) is 35.4 Å². The third-order valence-electron chi connectivity index (χ3n) is 4.03. The van der Waals surface area contributed by atoms with Gasteiger partial charge in [0.15, 0.2) is 0 Å². The number of rotatable bonds is 6. The van der Waals surface area contributed by atoms with Crippen molar-refractivity contribution in [2.24, 2.45) is 0 Å². The maximum atomic E-state index is 12.1. The van der Waals surface area contributed by atoms with E-state index in [1.165, 1.54) is 17.8 Å². The summed E-state index contributed by atoms with van der Waals surface area (Å²) in [6.07, 6.45) is 3.71.